The molecule has 0 atom stereocenters. The molecular weight excluding hydrogens is 415 g/mol. The molecule has 3 heteroatoms. The number of benzene rings is 2. The minimum Gasteiger partial charge on any atom is -0.441 e. The van der Waals surface area contributed by atoms with E-state index >= 15 is 4.39 Å². The van der Waals surface area contributed by atoms with Crippen molar-refractivity contribution < 1.29 is 8.81 Å². The molecule has 0 spiro atoms. The second-order valence-corrected chi connectivity index (χ2v) is 10.2. The summed E-state index contributed by atoms with van der Waals surface area (Å²) < 4.78 is 21.5. The molecule has 1 aliphatic carbocycles. The summed E-state index contributed by atoms with van der Waals surface area (Å²) in [6, 6.07) is 10.5. The van der Waals surface area contributed by atoms with Crippen molar-refractivity contribution in [2.45, 2.75) is 96.8 Å². The zero-order valence-corrected chi connectivity index (χ0v) is 20.5. The lowest BCUT2D eigenvalue weighted by Gasteiger charge is -2.29. The van der Waals surface area contributed by atoms with E-state index in [4.69, 9.17) is 16.6 Å². The van der Waals surface area contributed by atoms with Crippen molar-refractivity contribution >= 4 is 34.0 Å². The van der Waals surface area contributed by atoms with Gasteiger partial charge >= 0.3 is 0 Å². The maximum absolute atomic E-state index is 15.2. The van der Waals surface area contributed by atoms with Crippen LogP contribution in [0, 0.1) is 16.4 Å². The topological polar surface area (TPSA) is 13.1 Å². The van der Waals surface area contributed by atoms with Crippen LogP contribution in [0.15, 0.2) is 34.7 Å². The van der Waals surface area contributed by atoms with Gasteiger partial charge in [0.2, 0.25) is 0 Å². The molecule has 0 amide bonds. The van der Waals surface area contributed by atoms with Gasteiger partial charge in [0.1, 0.15) is 0 Å². The summed E-state index contributed by atoms with van der Waals surface area (Å²) >= 11 is 5.60. The first-order valence-corrected chi connectivity index (χ1v) is 13.2. The first kappa shape index (κ1) is 23.4. The molecule has 0 N–H and O–H groups in total. The monoisotopic (exact) mass is 452 g/mol. The van der Waals surface area contributed by atoms with Gasteiger partial charge in [0.15, 0.2) is 16.1 Å². The van der Waals surface area contributed by atoms with Gasteiger partial charge in [-0.15, -0.1) is 0 Å². The zero-order valence-electron chi connectivity index (χ0n) is 19.7. The Morgan fingerprint density at radius 3 is 2.34 bits per heavy atom. The van der Waals surface area contributed by atoms with Gasteiger partial charge < -0.3 is 4.42 Å². The minimum absolute atomic E-state index is 0.239. The molecule has 0 aliphatic heterocycles. The van der Waals surface area contributed by atoms with Gasteiger partial charge in [-0.3, -0.25) is 0 Å². The van der Waals surface area contributed by atoms with Crippen LogP contribution in [-0.4, -0.2) is 0 Å². The van der Waals surface area contributed by atoms with Gasteiger partial charge in [-0.25, -0.2) is 4.39 Å². The Labute approximate surface area is 197 Å². The van der Waals surface area contributed by atoms with Gasteiger partial charge in [-0.05, 0) is 85.2 Å². The Bertz CT molecular complexity index is 1110. The minimum atomic E-state index is -0.239. The molecule has 2 aromatic carbocycles. The number of hydrogen-bond donors (Lipinski definition) is 0. The van der Waals surface area contributed by atoms with Gasteiger partial charge in [-0.1, -0.05) is 76.6 Å². The predicted octanol–water partition coefficient (Wildman–Crippen LogP) is 10.0. The number of halogens is 1. The van der Waals surface area contributed by atoms with Crippen LogP contribution >= 0.6 is 12.2 Å². The van der Waals surface area contributed by atoms with Crippen LogP contribution in [0.25, 0.3) is 21.7 Å². The molecule has 0 radical (unpaired) electrons. The second-order valence-electron chi connectivity index (χ2n) is 9.78. The standard InChI is InChI=1S/C29H37FOS/c1-3-5-7-9-20-11-13-21(14-12-20)23-16-17-24-25-18-15-22(10-8-6-4-2)27(30)28(25)31-29(32)26(24)19-23/h15-21H,3-14H2,1-2H3. The predicted molar refractivity (Wildman–Crippen MR) is 137 cm³/mol. The lowest BCUT2D eigenvalue weighted by Crippen LogP contribution is -2.13. The summed E-state index contributed by atoms with van der Waals surface area (Å²) in [6.45, 7) is 4.44. The van der Waals surface area contributed by atoms with Crippen molar-refractivity contribution in [1.82, 2.24) is 0 Å². The fourth-order valence-corrected chi connectivity index (χ4v) is 5.75. The van der Waals surface area contributed by atoms with Crippen molar-refractivity contribution in [3.63, 3.8) is 0 Å². The largest absolute Gasteiger partial charge is 0.441 e. The molecule has 4 rings (SSSR count). The van der Waals surface area contributed by atoms with Crippen molar-refractivity contribution in [3.05, 3.63) is 52.0 Å². The Balaban J connectivity index is 1.57. The number of hydrogen-bond acceptors (Lipinski definition) is 2. The van der Waals surface area contributed by atoms with Crippen LogP contribution in [0.2, 0.25) is 0 Å². The van der Waals surface area contributed by atoms with E-state index in [1.807, 2.05) is 12.1 Å². The Kier molecular flexibility index (Phi) is 7.99. The summed E-state index contributed by atoms with van der Waals surface area (Å²) in [7, 11) is 0. The zero-order chi connectivity index (χ0) is 22.5. The highest BCUT2D eigenvalue weighted by Gasteiger charge is 2.23. The lowest BCUT2D eigenvalue weighted by molar-refractivity contribution is 0.303. The van der Waals surface area contributed by atoms with E-state index in [2.05, 4.69) is 32.0 Å². The van der Waals surface area contributed by atoms with Gasteiger partial charge in [0.25, 0.3) is 0 Å². The third kappa shape index (κ3) is 5.09. The molecule has 32 heavy (non-hydrogen) atoms. The third-order valence-corrected chi connectivity index (χ3v) is 7.81. The molecule has 0 bridgehead atoms. The Morgan fingerprint density at radius 1 is 0.875 bits per heavy atom. The fourth-order valence-electron chi connectivity index (χ4n) is 5.50. The van der Waals surface area contributed by atoms with E-state index in [1.165, 1.54) is 56.9 Å². The molecule has 1 heterocycles. The summed E-state index contributed by atoms with van der Waals surface area (Å²) in [4.78, 5) is 0. The summed E-state index contributed by atoms with van der Waals surface area (Å²) in [5.41, 5.74) is 2.41. The van der Waals surface area contributed by atoms with Crippen LogP contribution in [0.5, 0.6) is 0 Å². The highest BCUT2D eigenvalue weighted by molar-refractivity contribution is 7.71. The smallest absolute Gasteiger partial charge is 0.198 e. The molecule has 1 aromatic heterocycles. The van der Waals surface area contributed by atoms with E-state index < -0.39 is 0 Å². The van der Waals surface area contributed by atoms with E-state index in [-0.39, 0.29) is 5.82 Å². The highest BCUT2D eigenvalue weighted by Crippen LogP contribution is 2.39. The number of rotatable bonds is 9. The van der Waals surface area contributed by atoms with Crippen molar-refractivity contribution in [1.29, 1.82) is 0 Å². The van der Waals surface area contributed by atoms with Crippen LogP contribution in [0.3, 0.4) is 0 Å². The normalized spacial score (nSPS) is 19.1. The first-order chi connectivity index (χ1) is 15.6. The fraction of sp³-hybridized carbons (Fsp3) is 0.552. The van der Waals surface area contributed by atoms with Crippen molar-refractivity contribution in [2.75, 3.05) is 0 Å². The average molecular weight is 453 g/mol. The molecule has 172 valence electrons. The molecule has 1 fully saturated rings. The van der Waals surface area contributed by atoms with E-state index in [1.54, 1.807) is 0 Å². The Morgan fingerprint density at radius 2 is 1.59 bits per heavy atom. The molecule has 1 saturated carbocycles. The molecule has 0 unspecified atom stereocenters. The average Bonchev–Trinajstić information content (AvgIpc) is 2.82. The van der Waals surface area contributed by atoms with Gasteiger partial charge in [0, 0.05) is 10.8 Å². The first-order valence-electron chi connectivity index (χ1n) is 12.8. The van der Waals surface area contributed by atoms with E-state index in [0.717, 1.165) is 53.3 Å². The molecule has 0 saturated heterocycles. The van der Waals surface area contributed by atoms with Crippen LogP contribution in [0.4, 0.5) is 4.39 Å². The van der Waals surface area contributed by atoms with Gasteiger partial charge in [0.05, 0.1) is 0 Å². The molecular formula is C29H37FOS. The summed E-state index contributed by atoms with van der Waals surface area (Å²) in [5.74, 6) is 1.27. The van der Waals surface area contributed by atoms with Crippen LogP contribution < -0.4 is 0 Å². The van der Waals surface area contributed by atoms with Gasteiger partial charge in [-0.2, -0.15) is 0 Å². The maximum Gasteiger partial charge on any atom is 0.198 e. The molecule has 3 aromatic rings. The maximum atomic E-state index is 15.2. The quantitative estimate of drug-likeness (QED) is 0.182. The lowest BCUT2D eigenvalue weighted by atomic mass is 9.77. The number of aryl methyl sites for hydroxylation is 1. The third-order valence-electron chi connectivity index (χ3n) is 7.51. The molecule has 1 nitrogen and oxygen atoms in total. The van der Waals surface area contributed by atoms with E-state index in [0.29, 0.717) is 16.2 Å². The summed E-state index contributed by atoms with van der Waals surface area (Å²) in [5, 5.41) is 2.79. The second kappa shape index (κ2) is 10.9. The van der Waals surface area contributed by atoms with Crippen molar-refractivity contribution in [2.24, 2.45) is 5.92 Å². The Hall–Kier alpha value is -1.74. The van der Waals surface area contributed by atoms with Crippen LogP contribution in [0.1, 0.15) is 102 Å². The van der Waals surface area contributed by atoms with Crippen LogP contribution in [-0.2, 0) is 6.42 Å². The van der Waals surface area contributed by atoms with Crippen molar-refractivity contribution in [3.8, 4) is 0 Å². The molecule has 1 aliphatic rings. The number of fused-ring (bicyclic) bond motifs is 3. The van der Waals surface area contributed by atoms with E-state index in [9.17, 15) is 0 Å². The highest BCUT2D eigenvalue weighted by atomic mass is 32.1. The SMILES string of the molecule is CCCCCc1ccc2c(oc(=S)c3cc(C4CCC(CCCCC)CC4)ccc32)c1F. The number of unbranched alkanes of at least 4 members (excludes halogenated alkanes) is 4. The summed E-state index contributed by atoms with van der Waals surface area (Å²) in [6.07, 6.45) is 14.6.